The number of nitrogen functional groups attached to an aromatic ring is 1. The Hall–Kier alpha value is -1.93. The molecule has 1 fully saturated rings. The minimum absolute atomic E-state index is 0.162. The van der Waals surface area contributed by atoms with Crippen molar-refractivity contribution >= 4 is 22.8 Å². The minimum Gasteiger partial charge on any atom is -0.372 e. The van der Waals surface area contributed by atoms with Crippen LogP contribution in [0.3, 0.4) is 0 Å². The van der Waals surface area contributed by atoms with E-state index in [1.54, 1.807) is 6.20 Å². The van der Waals surface area contributed by atoms with Gasteiger partial charge in [0.2, 0.25) is 5.95 Å². The van der Waals surface area contributed by atoms with Crippen molar-refractivity contribution in [1.29, 1.82) is 0 Å². The molecular weight excluding hydrogens is 246 g/mol. The smallest absolute Gasteiger partial charge is 0.241 e. The highest BCUT2D eigenvalue weighted by atomic mass is 16.5. The predicted octanol–water partition coefficient (Wildman–Crippen LogP) is 0.252. The number of nitrogens with two attached hydrogens (primary N) is 1. The second-order valence-corrected chi connectivity index (χ2v) is 4.81. The van der Waals surface area contributed by atoms with E-state index in [0.717, 1.165) is 24.3 Å². The van der Waals surface area contributed by atoms with E-state index in [0.29, 0.717) is 11.6 Å². The van der Waals surface area contributed by atoms with Crippen LogP contribution in [-0.4, -0.2) is 45.5 Å². The maximum absolute atomic E-state index is 5.74. The first kappa shape index (κ1) is 12.1. The summed E-state index contributed by atoms with van der Waals surface area (Å²) < 4.78 is 5.74. The van der Waals surface area contributed by atoms with E-state index >= 15 is 0 Å². The highest BCUT2D eigenvalue weighted by Gasteiger charge is 2.25. The van der Waals surface area contributed by atoms with Crippen LogP contribution >= 0.6 is 0 Å². The van der Waals surface area contributed by atoms with E-state index in [1.807, 2.05) is 0 Å². The van der Waals surface area contributed by atoms with Gasteiger partial charge in [0.15, 0.2) is 5.65 Å². The van der Waals surface area contributed by atoms with Crippen molar-refractivity contribution in [3.63, 3.8) is 0 Å². The molecule has 1 aliphatic rings. The molecule has 3 rings (SSSR count). The number of ether oxygens (including phenoxy) is 1. The van der Waals surface area contributed by atoms with Gasteiger partial charge in [0.05, 0.1) is 23.8 Å². The van der Waals surface area contributed by atoms with Gasteiger partial charge < -0.3 is 9.64 Å². The highest BCUT2D eigenvalue weighted by molar-refractivity contribution is 5.87. The predicted molar refractivity (Wildman–Crippen MR) is 71.7 cm³/mol. The molecule has 2 aromatic heterocycles. The SMILES string of the molecule is C[C@@H]1CN(c2nc(NN)nc3[nH]ncc23)C[C@H](C)O1. The maximum atomic E-state index is 5.74. The summed E-state index contributed by atoms with van der Waals surface area (Å²) in [7, 11) is 0. The summed E-state index contributed by atoms with van der Waals surface area (Å²) in [5.41, 5.74) is 3.15. The van der Waals surface area contributed by atoms with Crippen LogP contribution in [0.1, 0.15) is 13.8 Å². The molecule has 0 aromatic carbocycles. The lowest BCUT2D eigenvalue weighted by molar-refractivity contribution is -0.00536. The number of nitrogens with zero attached hydrogens (tertiary/aromatic N) is 4. The molecule has 0 bridgehead atoms. The van der Waals surface area contributed by atoms with Gasteiger partial charge in [0.1, 0.15) is 5.82 Å². The molecule has 1 saturated heterocycles. The molecule has 0 unspecified atom stereocenters. The van der Waals surface area contributed by atoms with Gasteiger partial charge in [-0.1, -0.05) is 0 Å². The number of aromatic nitrogens is 4. The van der Waals surface area contributed by atoms with Crippen molar-refractivity contribution in [1.82, 2.24) is 20.2 Å². The van der Waals surface area contributed by atoms with Crippen molar-refractivity contribution in [2.45, 2.75) is 26.1 Å². The van der Waals surface area contributed by atoms with Crippen LogP contribution in [0.25, 0.3) is 11.0 Å². The molecule has 102 valence electrons. The number of anilines is 2. The number of hydrogen-bond donors (Lipinski definition) is 3. The van der Waals surface area contributed by atoms with Crippen LogP contribution in [0, 0.1) is 0 Å². The Morgan fingerprint density at radius 1 is 1.37 bits per heavy atom. The molecule has 0 amide bonds. The second kappa shape index (κ2) is 4.63. The van der Waals surface area contributed by atoms with Crippen molar-refractivity contribution in [2.75, 3.05) is 23.4 Å². The molecule has 0 aliphatic carbocycles. The Morgan fingerprint density at radius 2 is 2.11 bits per heavy atom. The lowest BCUT2D eigenvalue weighted by Crippen LogP contribution is -2.46. The van der Waals surface area contributed by atoms with E-state index in [1.165, 1.54) is 0 Å². The topological polar surface area (TPSA) is 105 Å². The lowest BCUT2D eigenvalue weighted by Gasteiger charge is -2.36. The summed E-state index contributed by atoms with van der Waals surface area (Å²) in [5.74, 6) is 6.61. The highest BCUT2D eigenvalue weighted by Crippen LogP contribution is 2.26. The Bertz CT molecular complexity index is 573. The summed E-state index contributed by atoms with van der Waals surface area (Å²) in [6.45, 7) is 5.67. The molecule has 3 heterocycles. The first-order chi connectivity index (χ1) is 9.17. The molecule has 2 atom stereocenters. The molecule has 2 aromatic rings. The summed E-state index contributed by atoms with van der Waals surface area (Å²) in [6, 6.07) is 0. The average Bonchev–Trinajstić information content (AvgIpc) is 2.84. The van der Waals surface area contributed by atoms with Gasteiger partial charge >= 0.3 is 0 Å². The van der Waals surface area contributed by atoms with Crippen molar-refractivity contribution < 1.29 is 4.74 Å². The van der Waals surface area contributed by atoms with Crippen molar-refractivity contribution in [2.24, 2.45) is 5.84 Å². The first-order valence-electron chi connectivity index (χ1n) is 6.25. The molecule has 8 heteroatoms. The fraction of sp³-hybridized carbons (Fsp3) is 0.545. The molecule has 1 aliphatic heterocycles. The standard InChI is InChI=1S/C11H17N7O/c1-6-4-18(5-7(2)19-6)10-8-3-13-17-9(8)14-11(15-10)16-12/h3,6-7H,4-5,12H2,1-2H3,(H2,13,14,15,16,17)/t6-,7+. The van der Waals surface area contributed by atoms with Crippen LogP contribution in [0.15, 0.2) is 6.20 Å². The van der Waals surface area contributed by atoms with Crippen LogP contribution < -0.4 is 16.2 Å². The van der Waals surface area contributed by atoms with Gasteiger partial charge in [-0.2, -0.15) is 15.1 Å². The molecule has 19 heavy (non-hydrogen) atoms. The molecule has 4 N–H and O–H groups in total. The number of rotatable bonds is 2. The maximum Gasteiger partial charge on any atom is 0.241 e. The van der Waals surface area contributed by atoms with Crippen molar-refractivity contribution in [3.05, 3.63) is 6.20 Å². The average molecular weight is 263 g/mol. The Balaban J connectivity index is 2.05. The van der Waals surface area contributed by atoms with Crippen LogP contribution in [0.2, 0.25) is 0 Å². The van der Waals surface area contributed by atoms with Crippen molar-refractivity contribution in [3.8, 4) is 0 Å². The first-order valence-corrected chi connectivity index (χ1v) is 6.25. The molecule has 0 saturated carbocycles. The normalized spacial score (nSPS) is 23.8. The number of H-pyrrole nitrogens is 1. The largest absolute Gasteiger partial charge is 0.372 e. The van der Waals surface area contributed by atoms with Crippen LogP contribution in [0.4, 0.5) is 11.8 Å². The van der Waals surface area contributed by atoms with Crippen LogP contribution in [0.5, 0.6) is 0 Å². The van der Waals surface area contributed by atoms with Gasteiger partial charge in [-0.25, -0.2) is 5.84 Å². The third-order valence-corrected chi connectivity index (χ3v) is 3.14. The third-order valence-electron chi connectivity index (χ3n) is 3.14. The van der Waals surface area contributed by atoms with Gasteiger partial charge in [-0.15, -0.1) is 0 Å². The summed E-state index contributed by atoms with van der Waals surface area (Å²) in [4.78, 5) is 10.9. The fourth-order valence-corrected chi connectivity index (χ4v) is 2.48. The summed E-state index contributed by atoms with van der Waals surface area (Å²) in [6.07, 6.45) is 2.06. The fourth-order valence-electron chi connectivity index (χ4n) is 2.48. The lowest BCUT2D eigenvalue weighted by atomic mass is 10.2. The number of fused-ring (bicyclic) bond motifs is 1. The summed E-state index contributed by atoms with van der Waals surface area (Å²) in [5, 5.41) is 7.75. The number of nitrogens with one attached hydrogen (secondary N) is 2. The molecular formula is C11H17N7O. The second-order valence-electron chi connectivity index (χ2n) is 4.81. The number of hydrogen-bond acceptors (Lipinski definition) is 7. The van der Waals surface area contributed by atoms with E-state index in [9.17, 15) is 0 Å². The van der Waals surface area contributed by atoms with E-state index < -0.39 is 0 Å². The van der Waals surface area contributed by atoms with E-state index in [4.69, 9.17) is 10.6 Å². The van der Waals surface area contributed by atoms with E-state index in [-0.39, 0.29) is 12.2 Å². The zero-order chi connectivity index (χ0) is 13.4. The van der Waals surface area contributed by atoms with Gasteiger partial charge in [0, 0.05) is 13.1 Å². The molecule has 8 nitrogen and oxygen atoms in total. The Labute approximate surface area is 110 Å². The number of aromatic amines is 1. The Kier molecular flexibility index (Phi) is 2.96. The summed E-state index contributed by atoms with van der Waals surface area (Å²) >= 11 is 0. The zero-order valence-corrected chi connectivity index (χ0v) is 10.9. The van der Waals surface area contributed by atoms with Gasteiger partial charge in [-0.3, -0.25) is 10.5 Å². The number of morpholine rings is 1. The van der Waals surface area contributed by atoms with Gasteiger partial charge in [-0.05, 0) is 13.8 Å². The quantitative estimate of drug-likeness (QED) is 0.527. The zero-order valence-electron chi connectivity index (χ0n) is 10.9. The minimum atomic E-state index is 0.162. The monoisotopic (exact) mass is 263 g/mol. The third kappa shape index (κ3) is 2.20. The van der Waals surface area contributed by atoms with Crippen LogP contribution in [-0.2, 0) is 4.74 Å². The van der Waals surface area contributed by atoms with E-state index in [2.05, 4.69) is 44.3 Å². The number of hydrazine groups is 1. The molecule has 0 radical (unpaired) electrons. The molecule has 0 spiro atoms. The van der Waals surface area contributed by atoms with Gasteiger partial charge in [0.25, 0.3) is 0 Å². The Morgan fingerprint density at radius 3 is 2.79 bits per heavy atom.